The Hall–Kier alpha value is -1.32. The molecule has 0 amide bonds. The summed E-state index contributed by atoms with van der Waals surface area (Å²) in [6, 6.07) is 0. The zero-order valence-corrected chi connectivity index (χ0v) is 13.2. The maximum absolute atomic E-state index is 5.93. The molecule has 0 unspecified atom stereocenters. The van der Waals surface area contributed by atoms with Crippen molar-refractivity contribution in [2.75, 3.05) is 18.5 Å². The van der Waals surface area contributed by atoms with Crippen LogP contribution in [0.2, 0.25) is 0 Å². The molecule has 1 heterocycles. The van der Waals surface area contributed by atoms with Crippen molar-refractivity contribution in [3.8, 4) is 5.88 Å². The van der Waals surface area contributed by atoms with E-state index in [0.717, 1.165) is 48.6 Å². The van der Waals surface area contributed by atoms with Gasteiger partial charge in [-0.1, -0.05) is 33.1 Å². The van der Waals surface area contributed by atoms with Gasteiger partial charge in [-0.05, 0) is 26.2 Å². The monoisotopic (exact) mass is 277 g/mol. The molecule has 1 aliphatic carbocycles. The second kappa shape index (κ2) is 6.91. The fourth-order valence-electron chi connectivity index (χ4n) is 2.35. The summed E-state index contributed by atoms with van der Waals surface area (Å²) in [7, 11) is 0. The minimum atomic E-state index is 0.307. The van der Waals surface area contributed by atoms with Crippen LogP contribution in [0.4, 0.5) is 5.82 Å². The maximum Gasteiger partial charge on any atom is 0.221 e. The third-order valence-electron chi connectivity index (χ3n) is 3.97. The number of rotatable bonds is 7. The second-order valence-corrected chi connectivity index (χ2v) is 5.98. The number of aromatic nitrogens is 2. The molecule has 0 radical (unpaired) electrons. The number of hydrogen-bond acceptors (Lipinski definition) is 4. The Kier molecular flexibility index (Phi) is 5.21. The van der Waals surface area contributed by atoms with Gasteiger partial charge in [0, 0.05) is 12.5 Å². The number of ether oxygens (including phenoxy) is 1. The summed E-state index contributed by atoms with van der Waals surface area (Å²) >= 11 is 0. The summed E-state index contributed by atoms with van der Waals surface area (Å²) in [5, 5.41) is 3.30. The Labute approximate surface area is 122 Å². The highest BCUT2D eigenvalue weighted by Gasteiger charge is 2.18. The van der Waals surface area contributed by atoms with Crippen LogP contribution in [0.5, 0.6) is 5.88 Å². The van der Waals surface area contributed by atoms with Gasteiger partial charge in [0.25, 0.3) is 0 Å². The fourth-order valence-corrected chi connectivity index (χ4v) is 2.35. The number of nitrogens with zero attached hydrogens (tertiary/aromatic N) is 2. The zero-order valence-electron chi connectivity index (χ0n) is 13.2. The zero-order chi connectivity index (χ0) is 14.5. The SMILES string of the molecule is CCNc1nc(C(C)C)nc(OCCC2CCC2)c1C. The number of hydrogen-bond donors (Lipinski definition) is 1. The normalized spacial score (nSPS) is 15.2. The van der Waals surface area contributed by atoms with Gasteiger partial charge in [0.2, 0.25) is 5.88 Å². The average molecular weight is 277 g/mol. The molecule has 1 N–H and O–H groups in total. The lowest BCUT2D eigenvalue weighted by molar-refractivity contribution is 0.216. The molecular weight excluding hydrogens is 250 g/mol. The first-order chi connectivity index (χ1) is 9.61. The highest BCUT2D eigenvalue weighted by molar-refractivity contribution is 5.48. The summed E-state index contributed by atoms with van der Waals surface area (Å²) in [6.45, 7) is 9.95. The topological polar surface area (TPSA) is 47.0 Å². The molecule has 20 heavy (non-hydrogen) atoms. The molecule has 0 aromatic carbocycles. The van der Waals surface area contributed by atoms with E-state index in [9.17, 15) is 0 Å². The summed E-state index contributed by atoms with van der Waals surface area (Å²) in [6.07, 6.45) is 5.27. The second-order valence-electron chi connectivity index (χ2n) is 5.98. The molecule has 1 aliphatic rings. The van der Waals surface area contributed by atoms with Crippen molar-refractivity contribution >= 4 is 5.82 Å². The van der Waals surface area contributed by atoms with E-state index in [1.807, 2.05) is 6.92 Å². The Balaban J connectivity index is 2.07. The van der Waals surface area contributed by atoms with Crippen LogP contribution in [0, 0.1) is 12.8 Å². The van der Waals surface area contributed by atoms with Crippen LogP contribution in [0.25, 0.3) is 0 Å². The molecule has 0 aliphatic heterocycles. The van der Waals surface area contributed by atoms with E-state index in [1.165, 1.54) is 19.3 Å². The van der Waals surface area contributed by atoms with Crippen molar-refractivity contribution in [3.63, 3.8) is 0 Å². The largest absolute Gasteiger partial charge is 0.477 e. The van der Waals surface area contributed by atoms with E-state index in [2.05, 4.69) is 36.1 Å². The standard InChI is InChI=1S/C16H27N3O/c1-5-17-15-12(4)16(19-14(18-15)11(2)3)20-10-9-13-7-6-8-13/h11,13H,5-10H2,1-4H3,(H,17,18,19). The molecule has 1 saturated carbocycles. The average Bonchev–Trinajstić information content (AvgIpc) is 2.36. The van der Waals surface area contributed by atoms with Crippen molar-refractivity contribution in [1.29, 1.82) is 0 Å². The minimum absolute atomic E-state index is 0.307. The predicted octanol–water partition coefficient (Wildman–Crippen LogP) is 3.91. The van der Waals surface area contributed by atoms with Crippen molar-refractivity contribution in [1.82, 2.24) is 9.97 Å². The first kappa shape index (κ1) is 15.1. The minimum Gasteiger partial charge on any atom is -0.477 e. The van der Waals surface area contributed by atoms with E-state index in [4.69, 9.17) is 4.74 Å². The van der Waals surface area contributed by atoms with Crippen molar-refractivity contribution < 1.29 is 4.74 Å². The van der Waals surface area contributed by atoms with Crippen LogP contribution in [-0.2, 0) is 0 Å². The van der Waals surface area contributed by atoms with Crippen LogP contribution in [-0.4, -0.2) is 23.1 Å². The molecule has 0 saturated heterocycles. The van der Waals surface area contributed by atoms with Crippen molar-refractivity contribution in [3.05, 3.63) is 11.4 Å². The molecule has 1 aromatic heterocycles. The smallest absolute Gasteiger partial charge is 0.221 e. The van der Waals surface area contributed by atoms with E-state index in [0.29, 0.717) is 5.92 Å². The highest BCUT2D eigenvalue weighted by Crippen LogP contribution is 2.30. The van der Waals surface area contributed by atoms with Crippen molar-refractivity contribution in [2.24, 2.45) is 5.92 Å². The maximum atomic E-state index is 5.93. The molecule has 0 bridgehead atoms. The quantitative estimate of drug-likeness (QED) is 0.821. The molecule has 1 aromatic rings. The van der Waals surface area contributed by atoms with Crippen LogP contribution in [0.3, 0.4) is 0 Å². The molecular formula is C16H27N3O. The molecule has 1 fully saturated rings. The van der Waals surface area contributed by atoms with E-state index >= 15 is 0 Å². The molecule has 112 valence electrons. The predicted molar refractivity (Wildman–Crippen MR) is 82.5 cm³/mol. The van der Waals surface area contributed by atoms with Crippen LogP contribution < -0.4 is 10.1 Å². The van der Waals surface area contributed by atoms with Gasteiger partial charge in [0.1, 0.15) is 11.6 Å². The lowest BCUT2D eigenvalue weighted by Crippen LogP contribution is -2.16. The summed E-state index contributed by atoms with van der Waals surface area (Å²) < 4.78 is 5.93. The lowest BCUT2D eigenvalue weighted by atomic mass is 9.83. The molecule has 2 rings (SSSR count). The fraction of sp³-hybridized carbons (Fsp3) is 0.750. The molecule has 4 nitrogen and oxygen atoms in total. The summed E-state index contributed by atoms with van der Waals surface area (Å²) in [5.41, 5.74) is 1.02. The number of nitrogens with one attached hydrogen (secondary N) is 1. The molecule has 4 heteroatoms. The van der Waals surface area contributed by atoms with E-state index in [1.54, 1.807) is 0 Å². The van der Waals surface area contributed by atoms with Gasteiger partial charge >= 0.3 is 0 Å². The van der Waals surface area contributed by atoms with E-state index < -0.39 is 0 Å². The first-order valence-corrected chi connectivity index (χ1v) is 7.87. The Bertz CT molecular complexity index is 442. The Morgan fingerprint density at radius 1 is 1.30 bits per heavy atom. The van der Waals surface area contributed by atoms with Crippen LogP contribution in [0.15, 0.2) is 0 Å². The van der Waals surface area contributed by atoms with Crippen LogP contribution >= 0.6 is 0 Å². The van der Waals surface area contributed by atoms with Gasteiger partial charge in [0.15, 0.2) is 0 Å². The van der Waals surface area contributed by atoms with E-state index in [-0.39, 0.29) is 0 Å². The molecule has 0 spiro atoms. The van der Waals surface area contributed by atoms with Crippen LogP contribution in [0.1, 0.15) is 63.8 Å². The lowest BCUT2D eigenvalue weighted by Gasteiger charge is -2.25. The summed E-state index contributed by atoms with van der Waals surface area (Å²) in [4.78, 5) is 9.17. The summed E-state index contributed by atoms with van der Waals surface area (Å²) in [5.74, 6) is 3.69. The molecule has 0 atom stereocenters. The van der Waals surface area contributed by atoms with Crippen molar-refractivity contribution in [2.45, 2.75) is 59.3 Å². The van der Waals surface area contributed by atoms with Gasteiger partial charge in [0.05, 0.1) is 12.2 Å². The van der Waals surface area contributed by atoms with Gasteiger partial charge in [-0.3, -0.25) is 0 Å². The van der Waals surface area contributed by atoms with Gasteiger partial charge < -0.3 is 10.1 Å². The van der Waals surface area contributed by atoms with Gasteiger partial charge in [-0.15, -0.1) is 0 Å². The Morgan fingerprint density at radius 2 is 2.05 bits per heavy atom. The third-order valence-corrected chi connectivity index (χ3v) is 3.97. The highest BCUT2D eigenvalue weighted by atomic mass is 16.5. The van der Waals surface area contributed by atoms with Gasteiger partial charge in [-0.2, -0.15) is 4.98 Å². The number of anilines is 1. The van der Waals surface area contributed by atoms with Gasteiger partial charge in [-0.25, -0.2) is 4.98 Å². The first-order valence-electron chi connectivity index (χ1n) is 7.87. The third kappa shape index (κ3) is 3.62. The Morgan fingerprint density at radius 3 is 2.60 bits per heavy atom.